The molecule has 0 radical (unpaired) electrons. The summed E-state index contributed by atoms with van der Waals surface area (Å²) in [4.78, 5) is 7.01. The molecule has 0 saturated carbocycles. The first-order valence-corrected chi connectivity index (χ1v) is 9.35. The van der Waals surface area contributed by atoms with Gasteiger partial charge >= 0.3 is 0 Å². The minimum absolute atomic E-state index is 0.234. The SMILES string of the molecule is CCN1CCCC1CNC(N)=NCc1ccc(C)cc1OC(C)(C)C. The molecule has 0 aliphatic carbocycles. The maximum Gasteiger partial charge on any atom is 0.188 e. The number of benzene rings is 1. The quantitative estimate of drug-likeness (QED) is 0.614. The van der Waals surface area contributed by atoms with Crippen LogP contribution in [0.25, 0.3) is 0 Å². The lowest BCUT2D eigenvalue weighted by molar-refractivity contribution is 0.129. The van der Waals surface area contributed by atoms with Crippen molar-refractivity contribution in [2.45, 2.75) is 65.6 Å². The first-order chi connectivity index (χ1) is 11.8. The third kappa shape index (κ3) is 6.24. The number of nitrogens with two attached hydrogens (primary N) is 1. The first-order valence-electron chi connectivity index (χ1n) is 9.35. The monoisotopic (exact) mass is 346 g/mol. The van der Waals surface area contributed by atoms with E-state index in [1.807, 2.05) is 0 Å². The van der Waals surface area contributed by atoms with Crippen molar-refractivity contribution in [3.63, 3.8) is 0 Å². The average molecular weight is 347 g/mol. The Morgan fingerprint density at radius 3 is 2.84 bits per heavy atom. The van der Waals surface area contributed by atoms with Crippen molar-refractivity contribution in [2.75, 3.05) is 19.6 Å². The molecule has 25 heavy (non-hydrogen) atoms. The molecule has 1 aliphatic rings. The molecule has 1 atom stereocenters. The van der Waals surface area contributed by atoms with Gasteiger partial charge in [-0.05, 0) is 65.3 Å². The molecule has 0 bridgehead atoms. The summed E-state index contributed by atoms with van der Waals surface area (Å²) in [6.45, 7) is 14.1. The van der Waals surface area contributed by atoms with Gasteiger partial charge < -0.3 is 15.8 Å². The maximum atomic E-state index is 6.08. The predicted molar refractivity (Wildman–Crippen MR) is 105 cm³/mol. The molecule has 0 amide bonds. The Kier molecular flexibility index (Phi) is 6.71. The van der Waals surface area contributed by atoms with Gasteiger partial charge in [0, 0.05) is 18.2 Å². The summed E-state index contributed by atoms with van der Waals surface area (Å²) >= 11 is 0. The van der Waals surface area contributed by atoms with E-state index in [4.69, 9.17) is 10.5 Å². The number of ether oxygens (including phenoxy) is 1. The molecule has 3 N–H and O–H groups in total. The van der Waals surface area contributed by atoms with Gasteiger partial charge in [-0.1, -0.05) is 19.1 Å². The van der Waals surface area contributed by atoms with Gasteiger partial charge in [-0.25, -0.2) is 4.99 Å². The van der Waals surface area contributed by atoms with Crippen molar-refractivity contribution < 1.29 is 4.74 Å². The molecule has 1 saturated heterocycles. The van der Waals surface area contributed by atoms with Crippen LogP contribution in [-0.2, 0) is 6.54 Å². The van der Waals surface area contributed by atoms with E-state index in [2.05, 4.69) is 68.0 Å². The van der Waals surface area contributed by atoms with Gasteiger partial charge in [0.05, 0.1) is 6.54 Å². The third-order valence-electron chi connectivity index (χ3n) is 4.48. The maximum absolute atomic E-state index is 6.08. The minimum Gasteiger partial charge on any atom is -0.488 e. The van der Waals surface area contributed by atoms with Gasteiger partial charge in [0.2, 0.25) is 0 Å². The second-order valence-electron chi connectivity index (χ2n) is 7.83. The summed E-state index contributed by atoms with van der Waals surface area (Å²) < 4.78 is 6.08. The molecule has 1 aromatic carbocycles. The number of hydrogen-bond acceptors (Lipinski definition) is 3. The van der Waals surface area contributed by atoms with E-state index >= 15 is 0 Å². The molecule has 0 aromatic heterocycles. The molecule has 2 rings (SSSR count). The topological polar surface area (TPSA) is 62.9 Å². The number of likely N-dealkylation sites (tertiary alicyclic amines) is 1. The van der Waals surface area contributed by atoms with Gasteiger partial charge in [0.25, 0.3) is 0 Å². The van der Waals surface area contributed by atoms with Crippen LogP contribution in [0.3, 0.4) is 0 Å². The minimum atomic E-state index is -0.234. The fourth-order valence-corrected chi connectivity index (χ4v) is 3.21. The van der Waals surface area contributed by atoms with Gasteiger partial charge in [0.1, 0.15) is 11.4 Å². The molecular weight excluding hydrogens is 312 g/mol. The molecule has 5 heteroatoms. The number of guanidine groups is 1. The second-order valence-corrected chi connectivity index (χ2v) is 7.83. The summed E-state index contributed by atoms with van der Waals surface area (Å²) in [6, 6.07) is 6.79. The lowest BCUT2D eigenvalue weighted by Crippen LogP contribution is -2.42. The normalized spacial score (nSPS) is 19.2. The Labute approximate surface area is 152 Å². The van der Waals surface area contributed by atoms with Crippen LogP contribution >= 0.6 is 0 Å². The van der Waals surface area contributed by atoms with Crippen LogP contribution in [0.15, 0.2) is 23.2 Å². The fourth-order valence-electron chi connectivity index (χ4n) is 3.21. The molecule has 5 nitrogen and oxygen atoms in total. The smallest absolute Gasteiger partial charge is 0.188 e. The number of rotatable bonds is 6. The van der Waals surface area contributed by atoms with Crippen LogP contribution in [0.1, 0.15) is 51.7 Å². The third-order valence-corrected chi connectivity index (χ3v) is 4.48. The van der Waals surface area contributed by atoms with E-state index in [1.54, 1.807) is 0 Å². The van der Waals surface area contributed by atoms with Crippen LogP contribution in [0.5, 0.6) is 5.75 Å². The van der Waals surface area contributed by atoms with E-state index in [-0.39, 0.29) is 5.60 Å². The number of nitrogens with zero attached hydrogens (tertiary/aromatic N) is 2. The summed E-state index contributed by atoms with van der Waals surface area (Å²) in [7, 11) is 0. The van der Waals surface area contributed by atoms with Crippen molar-refractivity contribution in [3.8, 4) is 5.75 Å². The zero-order valence-corrected chi connectivity index (χ0v) is 16.4. The Balaban J connectivity index is 1.95. The number of aliphatic imine (C=N–C) groups is 1. The van der Waals surface area contributed by atoms with Crippen molar-refractivity contribution >= 4 is 5.96 Å². The van der Waals surface area contributed by atoms with E-state index in [9.17, 15) is 0 Å². The Bertz CT molecular complexity index is 592. The molecular formula is C20H34N4O. The molecule has 1 aromatic rings. The van der Waals surface area contributed by atoms with Gasteiger partial charge in [0.15, 0.2) is 5.96 Å². The van der Waals surface area contributed by atoms with Crippen LogP contribution in [0.2, 0.25) is 0 Å². The molecule has 1 fully saturated rings. The van der Waals surface area contributed by atoms with Crippen molar-refractivity contribution in [3.05, 3.63) is 29.3 Å². The highest BCUT2D eigenvalue weighted by molar-refractivity contribution is 5.77. The van der Waals surface area contributed by atoms with Crippen molar-refractivity contribution in [2.24, 2.45) is 10.7 Å². The van der Waals surface area contributed by atoms with Crippen LogP contribution in [0, 0.1) is 6.92 Å². The van der Waals surface area contributed by atoms with Gasteiger partial charge in [-0.15, -0.1) is 0 Å². The molecule has 1 aliphatic heterocycles. The number of nitrogens with one attached hydrogen (secondary N) is 1. The van der Waals surface area contributed by atoms with Gasteiger partial charge in [-0.2, -0.15) is 0 Å². The van der Waals surface area contributed by atoms with Gasteiger partial charge in [-0.3, -0.25) is 4.90 Å². The van der Waals surface area contributed by atoms with E-state index in [0.29, 0.717) is 18.5 Å². The van der Waals surface area contributed by atoms with Crippen LogP contribution in [-0.4, -0.2) is 42.1 Å². The predicted octanol–water partition coefficient (Wildman–Crippen LogP) is 3.06. The summed E-state index contributed by atoms with van der Waals surface area (Å²) in [5.74, 6) is 1.39. The van der Waals surface area contributed by atoms with Crippen molar-refractivity contribution in [1.29, 1.82) is 0 Å². The average Bonchev–Trinajstić information content (AvgIpc) is 2.98. The Morgan fingerprint density at radius 2 is 2.16 bits per heavy atom. The van der Waals surface area contributed by atoms with E-state index in [1.165, 1.54) is 24.9 Å². The number of likely N-dealkylation sites (N-methyl/N-ethyl adjacent to an activating group) is 1. The lowest BCUT2D eigenvalue weighted by Gasteiger charge is -2.24. The highest BCUT2D eigenvalue weighted by Crippen LogP contribution is 2.25. The first kappa shape index (κ1) is 19.6. The van der Waals surface area contributed by atoms with E-state index < -0.39 is 0 Å². The zero-order valence-electron chi connectivity index (χ0n) is 16.4. The highest BCUT2D eigenvalue weighted by atomic mass is 16.5. The van der Waals surface area contributed by atoms with Crippen LogP contribution < -0.4 is 15.8 Å². The summed E-state index contributed by atoms with van der Waals surface area (Å²) in [5, 5.41) is 3.28. The van der Waals surface area contributed by atoms with E-state index in [0.717, 1.165) is 24.4 Å². The Hall–Kier alpha value is -1.75. The standard InChI is InChI=1S/C20H34N4O/c1-6-24-11-7-8-17(24)14-23-19(21)22-13-16-10-9-15(2)12-18(16)25-20(3,4)5/h9-10,12,17H,6-8,11,13-14H2,1-5H3,(H3,21,22,23). The molecule has 1 unspecified atom stereocenters. The van der Waals surface area contributed by atoms with Crippen LogP contribution in [0.4, 0.5) is 0 Å². The molecule has 1 heterocycles. The summed E-state index contributed by atoms with van der Waals surface area (Å²) in [6.07, 6.45) is 2.50. The highest BCUT2D eigenvalue weighted by Gasteiger charge is 2.22. The number of hydrogen-bond donors (Lipinski definition) is 2. The lowest BCUT2D eigenvalue weighted by atomic mass is 10.1. The second kappa shape index (κ2) is 8.56. The molecule has 140 valence electrons. The molecule has 0 spiro atoms. The summed E-state index contributed by atoms with van der Waals surface area (Å²) in [5.41, 5.74) is 8.08. The Morgan fingerprint density at radius 1 is 1.40 bits per heavy atom. The zero-order chi connectivity index (χ0) is 18.4. The number of aryl methyl sites for hydroxylation is 1. The van der Waals surface area contributed by atoms with Crippen molar-refractivity contribution in [1.82, 2.24) is 10.2 Å². The largest absolute Gasteiger partial charge is 0.488 e. The fraction of sp³-hybridized carbons (Fsp3) is 0.650.